The normalized spacial score (nSPS) is 10.5. The lowest BCUT2D eigenvalue weighted by atomic mass is 10.2. The molecule has 1 aromatic carbocycles. The quantitative estimate of drug-likeness (QED) is 0.898. The molecule has 112 valence electrons. The molecule has 2 aromatic rings. The van der Waals surface area contributed by atoms with Crippen molar-refractivity contribution in [1.29, 1.82) is 0 Å². The molecule has 1 heterocycles. The zero-order chi connectivity index (χ0) is 15.4. The van der Waals surface area contributed by atoms with Crippen LogP contribution in [-0.4, -0.2) is 24.5 Å². The molecule has 4 nitrogen and oxygen atoms in total. The Kier molecular flexibility index (Phi) is 5.45. The van der Waals surface area contributed by atoms with Gasteiger partial charge >= 0.3 is 0 Å². The van der Waals surface area contributed by atoms with Gasteiger partial charge < -0.3 is 10.1 Å². The predicted molar refractivity (Wildman–Crippen MR) is 85.9 cm³/mol. The number of rotatable bonds is 5. The van der Waals surface area contributed by atoms with Gasteiger partial charge in [0.15, 0.2) is 5.75 Å². The van der Waals surface area contributed by atoms with Crippen molar-refractivity contribution in [3.05, 3.63) is 43.8 Å². The second kappa shape index (κ2) is 7.11. The van der Waals surface area contributed by atoms with E-state index >= 15 is 0 Å². The van der Waals surface area contributed by atoms with Crippen LogP contribution in [0.4, 0.5) is 0 Å². The molecule has 0 aliphatic rings. The maximum atomic E-state index is 12.2. The van der Waals surface area contributed by atoms with Crippen LogP contribution in [0, 0.1) is 6.92 Å². The van der Waals surface area contributed by atoms with E-state index in [2.05, 4.69) is 10.3 Å². The highest BCUT2D eigenvalue weighted by molar-refractivity contribution is 7.11. The summed E-state index contributed by atoms with van der Waals surface area (Å²) in [6, 6.07) is 3.17. The smallest absolute Gasteiger partial charge is 0.256 e. The molecule has 0 fully saturated rings. The van der Waals surface area contributed by atoms with Gasteiger partial charge in [-0.25, -0.2) is 4.98 Å². The van der Waals surface area contributed by atoms with Crippen LogP contribution in [0.25, 0.3) is 0 Å². The Balaban J connectivity index is 2.05. The lowest BCUT2D eigenvalue weighted by Gasteiger charge is -2.12. The van der Waals surface area contributed by atoms with Crippen molar-refractivity contribution >= 4 is 40.4 Å². The number of nitrogens with zero attached hydrogens (tertiary/aromatic N) is 1. The summed E-state index contributed by atoms with van der Waals surface area (Å²) in [6.07, 6.45) is 2.49. The van der Waals surface area contributed by atoms with Crippen LogP contribution in [0.3, 0.4) is 0 Å². The summed E-state index contributed by atoms with van der Waals surface area (Å²) in [6.45, 7) is 2.47. The number of ether oxygens (including phenoxy) is 1. The first-order valence-corrected chi connectivity index (χ1v) is 7.81. The van der Waals surface area contributed by atoms with E-state index in [9.17, 15) is 4.79 Å². The lowest BCUT2D eigenvalue weighted by Crippen LogP contribution is -2.26. The topological polar surface area (TPSA) is 51.2 Å². The molecular weight excluding hydrogens is 331 g/mol. The summed E-state index contributed by atoms with van der Waals surface area (Å²) in [4.78, 5) is 17.6. The molecule has 0 spiro atoms. The van der Waals surface area contributed by atoms with E-state index in [1.165, 1.54) is 7.11 Å². The molecule has 0 bridgehead atoms. The summed E-state index contributed by atoms with van der Waals surface area (Å²) >= 11 is 13.7. The number of thiazole rings is 1. The maximum absolute atomic E-state index is 12.2. The van der Waals surface area contributed by atoms with Crippen molar-refractivity contribution in [3.63, 3.8) is 0 Å². The number of methoxy groups -OCH3 is 1. The molecule has 2 rings (SSSR count). The third kappa shape index (κ3) is 3.87. The first-order chi connectivity index (χ1) is 10.0. The SMILES string of the molecule is COc1c(Cl)ccc(Cl)c1C(=O)NCCc1ncc(C)s1. The van der Waals surface area contributed by atoms with Crippen LogP contribution in [-0.2, 0) is 6.42 Å². The summed E-state index contributed by atoms with van der Waals surface area (Å²) in [5.41, 5.74) is 0.252. The molecule has 0 unspecified atom stereocenters. The van der Waals surface area contributed by atoms with Gasteiger partial charge in [0.2, 0.25) is 0 Å². The van der Waals surface area contributed by atoms with Crippen LogP contribution in [0.5, 0.6) is 5.75 Å². The van der Waals surface area contributed by atoms with E-state index in [1.54, 1.807) is 23.5 Å². The minimum Gasteiger partial charge on any atom is -0.494 e. The van der Waals surface area contributed by atoms with Crippen molar-refractivity contribution in [2.45, 2.75) is 13.3 Å². The molecule has 0 atom stereocenters. The van der Waals surface area contributed by atoms with E-state index in [0.29, 0.717) is 23.0 Å². The van der Waals surface area contributed by atoms with Gasteiger partial charge in [-0.2, -0.15) is 0 Å². The Morgan fingerprint density at radius 2 is 2.10 bits per heavy atom. The highest BCUT2D eigenvalue weighted by atomic mass is 35.5. The average molecular weight is 345 g/mol. The fourth-order valence-electron chi connectivity index (χ4n) is 1.83. The summed E-state index contributed by atoms with van der Waals surface area (Å²) < 4.78 is 5.16. The summed E-state index contributed by atoms with van der Waals surface area (Å²) in [5, 5.41) is 4.44. The Hall–Kier alpha value is -1.30. The third-order valence-corrected chi connectivity index (χ3v) is 4.37. The number of carbonyl (C=O) groups excluding carboxylic acids is 1. The number of halogens is 2. The highest BCUT2D eigenvalue weighted by Crippen LogP contribution is 2.33. The van der Waals surface area contributed by atoms with Gasteiger partial charge in [-0.1, -0.05) is 23.2 Å². The van der Waals surface area contributed by atoms with Crippen LogP contribution in [0.1, 0.15) is 20.2 Å². The summed E-state index contributed by atoms with van der Waals surface area (Å²) in [7, 11) is 1.45. The first kappa shape index (κ1) is 16.1. The Bertz CT molecular complexity index is 658. The monoisotopic (exact) mass is 344 g/mol. The van der Waals surface area contributed by atoms with E-state index in [4.69, 9.17) is 27.9 Å². The van der Waals surface area contributed by atoms with Crippen molar-refractivity contribution in [2.24, 2.45) is 0 Å². The van der Waals surface area contributed by atoms with Gasteiger partial charge in [0.25, 0.3) is 5.91 Å². The van der Waals surface area contributed by atoms with Crippen LogP contribution in [0.15, 0.2) is 18.3 Å². The molecule has 0 aliphatic carbocycles. The number of amides is 1. The fourth-order valence-corrected chi connectivity index (χ4v) is 3.09. The third-order valence-electron chi connectivity index (χ3n) is 2.78. The van der Waals surface area contributed by atoms with Crippen LogP contribution < -0.4 is 10.1 Å². The molecular formula is C14H14Cl2N2O2S. The van der Waals surface area contributed by atoms with Crippen molar-refractivity contribution in [1.82, 2.24) is 10.3 Å². The highest BCUT2D eigenvalue weighted by Gasteiger charge is 2.19. The standard InChI is InChI=1S/C14H14Cl2N2O2S/c1-8-7-18-11(21-8)5-6-17-14(19)12-9(15)3-4-10(16)13(12)20-2/h3-4,7H,5-6H2,1-2H3,(H,17,19). The second-order valence-corrected chi connectivity index (χ2v) is 6.44. The van der Waals surface area contributed by atoms with Crippen LogP contribution >= 0.6 is 34.5 Å². The van der Waals surface area contributed by atoms with Gasteiger partial charge in [-0.15, -0.1) is 11.3 Å². The number of aromatic nitrogens is 1. The Labute approximate surface area is 137 Å². The molecule has 7 heteroatoms. The van der Waals surface area contributed by atoms with E-state index in [0.717, 1.165) is 9.88 Å². The van der Waals surface area contributed by atoms with Crippen molar-refractivity contribution in [3.8, 4) is 5.75 Å². The number of aryl methyl sites for hydroxylation is 1. The van der Waals surface area contributed by atoms with Gasteiger partial charge in [-0.3, -0.25) is 4.79 Å². The molecule has 0 aliphatic heterocycles. The zero-order valence-electron chi connectivity index (χ0n) is 11.6. The predicted octanol–water partition coefficient (Wildman–Crippen LogP) is 3.74. The first-order valence-electron chi connectivity index (χ1n) is 6.24. The number of carbonyl (C=O) groups is 1. The zero-order valence-corrected chi connectivity index (χ0v) is 13.9. The molecule has 1 aromatic heterocycles. The summed E-state index contributed by atoms with van der Waals surface area (Å²) in [5.74, 6) is -0.0283. The van der Waals surface area contributed by atoms with E-state index in [-0.39, 0.29) is 17.2 Å². The molecule has 1 N–H and O–H groups in total. The second-order valence-electron chi connectivity index (χ2n) is 4.31. The number of nitrogens with one attached hydrogen (secondary N) is 1. The number of hydrogen-bond donors (Lipinski definition) is 1. The molecule has 0 saturated carbocycles. The van der Waals surface area contributed by atoms with Gasteiger partial charge in [0.05, 0.1) is 22.2 Å². The average Bonchev–Trinajstić information content (AvgIpc) is 2.86. The van der Waals surface area contributed by atoms with E-state index < -0.39 is 0 Å². The van der Waals surface area contributed by atoms with Crippen molar-refractivity contribution in [2.75, 3.05) is 13.7 Å². The van der Waals surface area contributed by atoms with Crippen LogP contribution in [0.2, 0.25) is 10.0 Å². The number of benzene rings is 1. The molecule has 1 amide bonds. The minimum absolute atomic E-state index is 0.252. The van der Waals surface area contributed by atoms with Gasteiger partial charge in [0, 0.05) is 24.0 Å². The number of hydrogen-bond acceptors (Lipinski definition) is 4. The molecule has 0 radical (unpaired) electrons. The van der Waals surface area contributed by atoms with E-state index in [1.807, 2.05) is 13.1 Å². The Morgan fingerprint density at radius 1 is 1.38 bits per heavy atom. The fraction of sp³-hybridized carbons (Fsp3) is 0.286. The Morgan fingerprint density at radius 3 is 2.71 bits per heavy atom. The molecule has 21 heavy (non-hydrogen) atoms. The minimum atomic E-state index is -0.312. The van der Waals surface area contributed by atoms with Gasteiger partial charge in [0.1, 0.15) is 5.56 Å². The van der Waals surface area contributed by atoms with Gasteiger partial charge in [-0.05, 0) is 19.1 Å². The molecule has 0 saturated heterocycles. The maximum Gasteiger partial charge on any atom is 0.256 e. The lowest BCUT2D eigenvalue weighted by molar-refractivity contribution is 0.0951. The largest absolute Gasteiger partial charge is 0.494 e. The van der Waals surface area contributed by atoms with Crippen molar-refractivity contribution < 1.29 is 9.53 Å².